The van der Waals surface area contributed by atoms with E-state index in [9.17, 15) is 4.79 Å². The summed E-state index contributed by atoms with van der Waals surface area (Å²) in [4.78, 5) is 14.9. The van der Waals surface area contributed by atoms with Crippen LogP contribution in [0.2, 0.25) is 0 Å². The number of carbonyl (C=O) groups is 1. The molecule has 0 aliphatic carbocycles. The Kier molecular flexibility index (Phi) is 3.93. The molecule has 0 N–H and O–H groups in total. The second-order valence-electron chi connectivity index (χ2n) is 5.18. The van der Waals surface area contributed by atoms with Gasteiger partial charge in [0.1, 0.15) is 11.5 Å². The minimum atomic E-state index is -0.0993. The summed E-state index contributed by atoms with van der Waals surface area (Å²) in [7, 11) is 0. The van der Waals surface area contributed by atoms with Gasteiger partial charge in [0.15, 0.2) is 4.32 Å². The van der Waals surface area contributed by atoms with Crippen molar-refractivity contribution in [2.24, 2.45) is 0 Å². The number of hydrogen-bond donors (Lipinski definition) is 0. The molecule has 0 spiro atoms. The van der Waals surface area contributed by atoms with Gasteiger partial charge >= 0.3 is 0 Å². The second-order valence-corrected chi connectivity index (χ2v) is 6.86. The zero-order chi connectivity index (χ0) is 15.9. The minimum Gasteiger partial charge on any atom is -0.462 e. The molecule has 0 atom stereocenters. The molecule has 3 nitrogen and oxygen atoms in total. The predicted octanol–water partition coefficient (Wildman–Crippen LogP) is 4.61. The van der Waals surface area contributed by atoms with Crippen LogP contribution in [-0.4, -0.2) is 10.2 Å². The normalized spacial score (nSPS) is 16.9. The summed E-state index contributed by atoms with van der Waals surface area (Å²) in [6.07, 6.45) is 1.75. The fourth-order valence-corrected chi connectivity index (χ4v) is 3.58. The first-order valence-corrected chi connectivity index (χ1v) is 8.10. The van der Waals surface area contributed by atoms with Crippen LogP contribution in [0.15, 0.2) is 39.7 Å². The molecule has 1 fully saturated rings. The third kappa shape index (κ3) is 2.62. The molecule has 1 aliphatic heterocycles. The van der Waals surface area contributed by atoms with Gasteiger partial charge in [-0.15, -0.1) is 0 Å². The molecule has 0 saturated carbocycles. The molecule has 22 heavy (non-hydrogen) atoms. The Morgan fingerprint density at radius 3 is 2.64 bits per heavy atom. The number of nitrogens with zero attached hydrogens (tertiary/aromatic N) is 1. The monoisotopic (exact) mass is 329 g/mol. The van der Waals surface area contributed by atoms with E-state index in [4.69, 9.17) is 16.6 Å². The van der Waals surface area contributed by atoms with Crippen LogP contribution in [0.5, 0.6) is 0 Å². The van der Waals surface area contributed by atoms with Gasteiger partial charge in [-0.3, -0.25) is 9.69 Å². The molecule has 2 heterocycles. The van der Waals surface area contributed by atoms with E-state index in [1.54, 1.807) is 11.0 Å². The molecule has 0 radical (unpaired) electrons. The fraction of sp³-hybridized carbons (Fsp3) is 0.176. The summed E-state index contributed by atoms with van der Waals surface area (Å²) >= 11 is 6.70. The fourth-order valence-electron chi connectivity index (χ4n) is 2.31. The second kappa shape index (κ2) is 5.74. The third-order valence-electron chi connectivity index (χ3n) is 3.65. The predicted molar refractivity (Wildman–Crippen MR) is 95.0 cm³/mol. The molecule has 1 aromatic heterocycles. The molecular formula is C17H15NO2S2. The quantitative estimate of drug-likeness (QED) is 0.595. The van der Waals surface area contributed by atoms with Gasteiger partial charge in [0.2, 0.25) is 0 Å². The van der Waals surface area contributed by atoms with E-state index in [-0.39, 0.29) is 5.91 Å². The molecule has 3 rings (SSSR count). The highest BCUT2D eigenvalue weighted by Gasteiger charge is 2.34. The van der Waals surface area contributed by atoms with Crippen LogP contribution in [-0.2, 0) is 4.79 Å². The Morgan fingerprint density at radius 2 is 1.95 bits per heavy atom. The smallest absolute Gasteiger partial charge is 0.270 e. The van der Waals surface area contributed by atoms with Gasteiger partial charge in [-0.1, -0.05) is 36.1 Å². The van der Waals surface area contributed by atoms with E-state index in [1.807, 2.05) is 51.1 Å². The van der Waals surface area contributed by atoms with Crippen molar-refractivity contribution in [3.8, 4) is 0 Å². The van der Waals surface area contributed by atoms with Gasteiger partial charge in [0.25, 0.3) is 5.91 Å². The molecule has 0 bridgehead atoms. The molecule has 112 valence electrons. The van der Waals surface area contributed by atoms with Crippen LogP contribution in [0.4, 0.5) is 5.69 Å². The molecule has 1 aliphatic rings. The van der Waals surface area contributed by atoms with Crippen LogP contribution < -0.4 is 4.90 Å². The van der Waals surface area contributed by atoms with Crippen LogP contribution in [0.25, 0.3) is 6.08 Å². The first kappa shape index (κ1) is 15.1. The van der Waals surface area contributed by atoms with Crippen LogP contribution in [0.1, 0.15) is 22.6 Å². The average Bonchev–Trinajstić information content (AvgIpc) is 2.99. The number of thioether (sulfide) groups is 1. The first-order valence-electron chi connectivity index (χ1n) is 6.88. The number of amides is 1. The Labute approximate surface area is 139 Å². The topological polar surface area (TPSA) is 33.5 Å². The summed E-state index contributed by atoms with van der Waals surface area (Å²) in [6.45, 7) is 5.90. The number of carbonyl (C=O) groups excluding carboxylic acids is 1. The van der Waals surface area contributed by atoms with Gasteiger partial charge in [0.05, 0.1) is 10.6 Å². The van der Waals surface area contributed by atoms with Crippen molar-refractivity contribution in [2.75, 3.05) is 4.90 Å². The number of thiocarbonyl (C=S) groups is 1. The summed E-state index contributed by atoms with van der Waals surface area (Å²) < 4.78 is 6.06. The van der Waals surface area contributed by atoms with Gasteiger partial charge < -0.3 is 4.42 Å². The van der Waals surface area contributed by atoms with Gasteiger partial charge in [-0.25, -0.2) is 0 Å². The van der Waals surface area contributed by atoms with Crippen molar-refractivity contribution in [3.05, 3.63) is 57.9 Å². The Hall–Kier alpha value is -1.85. The first-order chi connectivity index (χ1) is 10.5. The Morgan fingerprint density at radius 1 is 1.18 bits per heavy atom. The highest BCUT2D eigenvalue weighted by molar-refractivity contribution is 8.27. The summed E-state index contributed by atoms with van der Waals surface area (Å²) in [5.74, 6) is 1.38. The zero-order valence-electron chi connectivity index (χ0n) is 12.5. The lowest BCUT2D eigenvalue weighted by molar-refractivity contribution is -0.113. The van der Waals surface area contributed by atoms with E-state index in [1.165, 1.54) is 11.8 Å². The lowest BCUT2D eigenvalue weighted by Gasteiger charge is -2.18. The highest BCUT2D eigenvalue weighted by Crippen LogP contribution is 2.37. The molecule has 5 heteroatoms. The molecule has 1 saturated heterocycles. The maximum Gasteiger partial charge on any atom is 0.270 e. The van der Waals surface area contributed by atoms with Gasteiger partial charge in [-0.05, 0) is 50.1 Å². The standard InChI is InChI=1S/C17H15NO2S2/c1-10-5-4-6-14(12(10)3)18-16(19)15(22-17(18)21)9-13-8-7-11(2)20-13/h4-9H,1-3H3/b15-9+. The van der Waals surface area contributed by atoms with Crippen molar-refractivity contribution in [2.45, 2.75) is 20.8 Å². The van der Waals surface area contributed by atoms with Gasteiger partial charge in [-0.2, -0.15) is 0 Å². The number of rotatable bonds is 2. The largest absolute Gasteiger partial charge is 0.462 e. The maximum absolute atomic E-state index is 12.7. The van der Waals surface area contributed by atoms with Crippen LogP contribution in [0.3, 0.4) is 0 Å². The van der Waals surface area contributed by atoms with Crippen molar-refractivity contribution >= 4 is 46.0 Å². The van der Waals surface area contributed by atoms with E-state index in [2.05, 4.69) is 0 Å². The van der Waals surface area contributed by atoms with E-state index in [0.717, 1.165) is 22.6 Å². The number of anilines is 1. The molecule has 1 amide bonds. The lowest BCUT2D eigenvalue weighted by Crippen LogP contribution is -2.28. The third-order valence-corrected chi connectivity index (χ3v) is 4.95. The number of furan rings is 1. The summed E-state index contributed by atoms with van der Waals surface area (Å²) in [5, 5.41) is 0. The number of aryl methyl sites for hydroxylation is 2. The molecule has 2 aromatic rings. The summed E-state index contributed by atoms with van der Waals surface area (Å²) in [6, 6.07) is 9.61. The molecular weight excluding hydrogens is 314 g/mol. The zero-order valence-corrected chi connectivity index (χ0v) is 14.2. The number of benzene rings is 1. The molecule has 1 aromatic carbocycles. The van der Waals surface area contributed by atoms with Crippen molar-refractivity contribution in [3.63, 3.8) is 0 Å². The Balaban J connectivity index is 1.98. The van der Waals surface area contributed by atoms with Crippen molar-refractivity contribution in [1.29, 1.82) is 0 Å². The average molecular weight is 329 g/mol. The van der Waals surface area contributed by atoms with E-state index >= 15 is 0 Å². The van der Waals surface area contributed by atoms with Crippen molar-refractivity contribution in [1.82, 2.24) is 0 Å². The summed E-state index contributed by atoms with van der Waals surface area (Å²) in [5.41, 5.74) is 3.05. The Bertz CT molecular complexity index is 805. The maximum atomic E-state index is 12.7. The number of hydrogen-bond acceptors (Lipinski definition) is 4. The van der Waals surface area contributed by atoms with Crippen LogP contribution >= 0.6 is 24.0 Å². The molecule has 0 unspecified atom stereocenters. The van der Waals surface area contributed by atoms with Crippen LogP contribution in [0, 0.1) is 20.8 Å². The highest BCUT2D eigenvalue weighted by atomic mass is 32.2. The van der Waals surface area contributed by atoms with E-state index < -0.39 is 0 Å². The minimum absolute atomic E-state index is 0.0993. The lowest BCUT2D eigenvalue weighted by atomic mass is 10.1. The van der Waals surface area contributed by atoms with E-state index in [0.29, 0.717) is 15.0 Å². The van der Waals surface area contributed by atoms with Crippen molar-refractivity contribution < 1.29 is 9.21 Å². The van der Waals surface area contributed by atoms with Gasteiger partial charge in [0, 0.05) is 6.08 Å². The SMILES string of the molecule is Cc1ccc(/C=C2/SC(=S)N(c3cccc(C)c3C)C2=O)o1.